The van der Waals surface area contributed by atoms with E-state index in [0.29, 0.717) is 11.4 Å². The monoisotopic (exact) mass is 424 g/mol. The topological polar surface area (TPSA) is 115 Å². The number of ether oxygens (including phenoxy) is 1. The molecule has 1 aromatic heterocycles. The number of anilines is 1. The smallest absolute Gasteiger partial charge is 0.408 e. The van der Waals surface area contributed by atoms with Gasteiger partial charge in [0.1, 0.15) is 18.3 Å². The van der Waals surface area contributed by atoms with Crippen molar-refractivity contribution >= 4 is 17.7 Å². The zero-order valence-corrected chi connectivity index (χ0v) is 17.2. The van der Waals surface area contributed by atoms with Gasteiger partial charge in [-0.1, -0.05) is 48.5 Å². The van der Waals surface area contributed by atoms with E-state index in [9.17, 15) is 19.5 Å². The van der Waals surface area contributed by atoms with E-state index < -0.39 is 30.2 Å². The van der Waals surface area contributed by atoms with Crippen LogP contribution in [0.25, 0.3) is 5.69 Å². The minimum absolute atomic E-state index is 0.0199. The lowest BCUT2D eigenvalue weighted by atomic mass is 10.2. The largest absolute Gasteiger partial charge is 0.445 e. The van der Waals surface area contributed by atoms with Gasteiger partial charge in [-0.3, -0.25) is 14.3 Å². The van der Waals surface area contributed by atoms with Gasteiger partial charge in [0, 0.05) is 7.05 Å². The van der Waals surface area contributed by atoms with Gasteiger partial charge in [-0.2, -0.15) is 0 Å². The molecule has 2 amide bonds. The maximum absolute atomic E-state index is 12.9. The highest BCUT2D eigenvalue weighted by molar-refractivity contribution is 5.97. The summed E-state index contributed by atoms with van der Waals surface area (Å²) in [5.74, 6) is -0.731. The quantitative estimate of drug-likeness (QED) is 0.534. The molecule has 0 saturated heterocycles. The van der Waals surface area contributed by atoms with Crippen LogP contribution in [0.15, 0.2) is 65.5 Å². The molecule has 9 heteroatoms. The third kappa shape index (κ3) is 5.01. The van der Waals surface area contributed by atoms with E-state index in [4.69, 9.17) is 4.74 Å². The Kier molecular flexibility index (Phi) is 6.88. The Bertz CT molecular complexity index is 1110. The zero-order chi connectivity index (χ0) is 22.4. The fourth-order valence-corrected chi connectivity index (χ4v) is 3.02. The van der Waals surface area contributed by atoms with Crippen LogP contribution in [0.5, 0.6) is 0 Å². The van der Waals surface area contributed by atoms with Gasteiger partial charge >= 0.3 is 6.09 Å². The number of carbonyl (C=O) groups excluding carboxylic acids is 2. The first kappa shape index (κ1) is 21.8. The summed E-state index contributed by atoms with van der Waals surface area (Å²) in [5.41, 5.74) is 1.58. The molecule has 0 aliphatic carbocycles. The van der Waals surface area contributed by atoms with Gasteiger partial charge in [0.05, 0.1) is 18.0 Å². The van der Waals surface area contributed by atoms with Gasteiger partial charge in [-0.25, -0.2) is 9.48 Å². The minimum atomic E-state index is -1.28. The lowest BCUT2D eigenvalue weighted by molar-refractivity contribution is -0.118. The van der Waals surface area contributed by atoms with Gasteiger partial charge in [-0.15, -0.1) is 0 Å². The summed E-state index contributed by atoms with van der Waals surface area (Å²) in [7, 11) is 1.70. The lowest BCUT2D eigenvalue weighted by Crippen LogP contribution is -2.46. The van der Waals surface area contributed by atoms with E-state index in [2.05, 4.69) is 10.6 Å². The van der Waals surface area contributed by atoms with Crippen molar-refractivity contribution < 1.29 is 19.4 Å². The normalized spacial score (nSPS) is 11.6. The summed E-state index contributed by atoms with van der Waals surface area (Å²) < 4.78 is 8.11. The molecular formula is C22H24N4O5. The number of hydrogen-bond donors (Lipinski definition) is 3. The van der Waals surface area contributed by atoms with Gasteiger partial charge in [0.15, 0.2) is 0 Å². The van der Waals surface area contributed by atoms with Crippen molar-refractivity contribution in [2.24, 2.45) is 7.05 Å². The van der Waals surface area contributed by atoms with E-state index in [1.165, 1.54) is 4.68 Å². The molecule has 3 N–H and O–H groups in total. The molecule has 1 heterocycles. The highest BCUT2D eigenvalue weighted by Gasteiger charge is 2.24. The maximum Gasteiger partial charge on any atom is 0.408 e. The number of hydrogen-bond acceptors (Lipinski definition) is 5. The molecule has 0 aliphatic rings. The second-order valence-corrected chi connectivity index (χ2v) is 6.87. The highest BCUT2D eigenvalue weighted by Crippen LogP contribution is 2.14. The molecule has 0 aliphatic heterocycles. The number of para-hydroxylation sites is 1. The first-order valence-electron chi connectivity index (χ1n) is 9.65. The molecule has 0 spiro atoms. The molecule has 3 aromatic rings. The number of rotatable bonds is 7. The Hall–Kier alpha value is -3.85. The molecule has 0 bridgehead atoms. The SMILES string of the molecule is Cc1c(NC(=O)[C@H](CO)NC(=O)OCc2ccccc2)c(=O)n(-c2ccccc2)n1C. The maximum atomic E-state index is 12.9. The first-order chi connectivity index (χ1) is 14.9. The number of nitrogens with one attached hydrogen (secondary N) is 2. The molecule has 2 aromatic carbocycles. The van der Waals surface area contributed by atoms with Crippen LogP contribution >= 0.6 is 0 Å². The molecule has 0 unspecified atom stereocenters. The third-order valence-electron chi connectivity index (χ3n) is 4.81. The van der Waals surface area contributed by atoms with Gasteiger partial charge < -0.3 is 20.5 Å². The Morgan fingerprint density at radius 3 is 2.29 bits per heavy atom. The van der Waals surface area contributed by atoms with Gasteiger partial charge in [0.2, 0.25) is 5.91 Å². The number of nitrogens with zero attached hydrogens (tertiary/aromatic N) is 2. The first-order valence-corrected chi connectivity index (χ1v) is 9.65. The highest BCUT2D eigenvalue weighted by atomic mass is 16.5. The second-order valence-electron chi connectivity index (χ2n) is 6.87. The van der Waals surface area contributed by atoms with Crippen LogP contribution in [-0.4, -0.2) is 39.1 Å². The number of amides is 2. The molecule has 162 valence electrons. The molecule has 0 saturated carbocycles. The Morgan fingerprint density at radius 1 is 1.06 bits per heavy atom. The van der Waals surface area contributed by atoms with E-state index >= 15 is 0 Å². The Morgan fingerprint density at radius 2 is 1.68 bits per heavy atom. The zero-order valence-electron chi connectivity index (χ0n) is 17.2. The van der Waals surface area contributed by atoms with Crippen molar-refractivity contribution in [3.63, 3.8) is 0 Å². The molecule has 1 atom stereocenters. The number of carbonyl (C=O) groups is 2. The summed E-state index contributed by atoms with van der Waals surface area (Å²) >= 11 is 0. The number of aliphatic hydroxyl groups is 1. The second kappa shape index (κ2) is 9.77. The number of aromatic nitrogens is 2. The number of benzene rings is 2. The van der Waals surface area contributed by atoms with E-state index in [1.807, 2.05) is 24.3 Å². The van der Waals surface area contributed by atoms with Crippen LogP contribution in [-0.2, 0) is 23.2 Å². The van der Waals surface area contributed by atoms with Crippen LogP contribution in [0.2, 0.25) is 0 Å². The average Bonchev–Trinajstić information content (AvgIpc) is 3.00. The fraction of sp³-hybridized carbons (Fsp3) is 0.227. The molecule has 0 radical (unpaired) electrons. The molecule has 9 nitrogen and oxygen atoms in total. The average molecular weight is 424 g/mol. The number of alkyl carbamates (subject to hydrolysis) is 1. The predicted octanol–water partition coefficient (Wildman–Crippen LogP) is 1.71. The van der Waals surface area contributed by atoms with Crippen molar-refractivity contribution in [2.75, 3.05) is 11.9 Å². The van der Waals surface area contributed by atoms with Crippen molar-refractivity contribution in [1.29, 1.82) is 0 Å². The van der Waals surface area contributed by atoms with Crippen LogP contribution in [0.4, 0.5) is 10.5 Å². The van der Waals surface area contributed by atoms with Crippen molar-refractivity contribution in [2.45, 2.75) is 19.6 Å². The van der Waals surface area contributed by atoms with Crippen LogP contribution in [0.3, 0.4) is 0 Å². The van der Waals surface area contributed by atoms with Crippen molar-refractivity contribution in [3.8, 4) is 5.69 Å². The predicted molar refractivity (Wildman–Crippen MR) is 115 cm³/mol. The Labute approximate surface area is 178 Å². The molecule has 3 rings (SSSR count). The van der Waals surface area contributed by atoms with E-state index in [0.717, 1.165) is 5.56 Å². The summed E-state index contributed by atoms with van der Waals surface area (Å²) in [5, 5.41) is 14.4. The van der Waals surface area contributed by atoms with Crippen molar-refractivity contribution in [3.05, 3.63) is 82.3 Å². The summed E-state index contributed by atoms with van der Waals surface area (Å²) in [4.78, 5) is 37.5. The Balaban J connectivity index is 1.69. The van der Waals surface area contributed by atoms with E-state index in [-0.39, 0.29) is 12.3 Å². The molecular weight excluding hydrogens is 400 g/mol. The molecule has 31 heavy (non-hydrogen) atoms. The fourth-order valence-electron chi connectivity index (χ4n) is 3.02. The summed E-state index contributed by atoms with van der Waals surface area (Å²) in [6, 6.07) is 16.7. The van der Waals surface area contributed by atoms with Gasteiger partial charge in [-0.05, 0) is 24.6 Å². The van der Waals surface area contributed by atoms with Crippen LogP contribution in [0, 0.1) is 6.92 Å². The number of aliphatic hydroxyl groups excluding tert-OH is 1. The van der Waals surface area contributed by atoms with Crippen LogP contribution < -0.4 is 16.2 Å². The molecule has 0 fully saturated rings. The third-order valence-corrected chi connectivity index (χ3v) is 4.81. The standard InChI is InChI=1S/C22H24N4O5/c1-15-19(21(29)26(25(15)2)17-11-7-4-8-12-17)24-20(28)18(13-27)23-22(30)31-14-16-9-5-3-6-10-16/h3-12,18,27H,13-14H2,1-2H3,(H,23,30)(H,24,28)/t18-/m0/s1. The summed E-state index contributed by atoms with van der Waals surface area (Å²) in [6.07, 6.45) is -0.857. The summed E-state index contributed by atoms with van der Waals surface area (Å²) in [6.45, 7) is 1.04. The van der Waals surface area contributed by atoms with Crippen LogP contribution in [0.1, 0.15) is 11.3 Å². The minimum Gasteiger partial charge on any atom is -0.445 e. The van der Waals surface area contributed by atoms with Gasteiger partial charge in [0.25, 0.3) is 5.56 Å². The van der Waals surface area contributed by atoms with E-state index in [1.54, 1.807) is 55.1 Å². The van der Waals surface area contributed by atoms with Crippen molar-refractivity contribution in [1.82, 2.24) is 14.7 Å². The lowest BCUT2D eigenvalue weighted by Gasteiger charge is -2.15.